The molecule has 0 heterocycles. The van der Waals surface area contributed by atoms with Crippen molar-refractivity contribution in [2.24, 2.45) is 0 Å². The molecule has 0 bridgehead atoms. The van der Waals surface area contributed by atoms with Crippen LogP contribution in [-0.2, 0) is 26.2 Å². The van der Waals surface area contributed by atoms with Gasteiger partial charge in [-0.1, -0.05) is 0 Å². The summed E-state index contributed by atoms with van der Waals surface area (Å²) in [6.45, 7) is 13.0. The second-order valence-corrected chi connectivity index (χ2v) is 1.58. The van der Waals surface area contributed by atoms with E-state index in [4.69, 9.17) is 0 Å². The number of hydrogen-bond acceptors (Lipinski definition) is 0. The topological polar surface area (TPSA) is 0 Å². The van der Waals surface area contributed by atoms with Gasteiger partial charge in [-0.15, -0.1) is 6.42 Å². The molecular weight excluding hydrogens is 294 g/mol. The van der Waals surface area contributed by atoms with E-state index < -0.39 is 0 Å². The standard InChI is InChI=1S/C5H5.2C3H5.2ClH.Zr/c1-2-4-5-3-1;2*1-3-2;;;/h1-3H,4H2;2*3H,1-2H2;2*1H;/q3*-1;;;+3/p-2. The second kappa shape index (κ2) is 38.0. The number of rotatable bonds is 0. The van der Waals surface area contributed by atoms with E-state index in [0.29, 0.717) is 0 Å². The quantitative estimate of drug-likeness (QED) is 0.428. The summed E-state index contributed by atoms with van der Waals surface area (Å²) >= 11 is 0. The summed E-state index contributed by atoms with van der Waals surface area (Å²) in [7, 11) is 0. The fourth-order valence-electron chi connectivity index (χ4n) is 0.340. The Bertz CT molecular complexity index is 124. The van der Waals surface area contributed by atoms with Gasteiger partial charge in [0.15, 0.2) is 0 Å². The zero-order chi connectivity index (χ0) is 8.95. The largest absolute Gasteiger partial charge is 3.00 e. The molecule has 0 aliphatic heterocycles. The smallest absolute Gasteiger partial charge is 1.00 e. The molecular formula is C11H15Cl2Zr-2. The molecule has 0 unspecified atom stereocenters. The summed E-state index contributed by atoms with van der Waals surface area (Å²) in [5, 5.41) is 0. The van der Waals surface area contributed by atoms with Crippen LogP contribution in [0.5, 0.6) is 0 Å². The molecule has 0 N–H and O–H groups in total. The van der Waals surface area contributed by atoms with Crippen LogP contribution in [-0.4, -0.2) is 0 Å². The first-order valence-corrected chi connectivity index (χ1v) is 3.35. The van der Waals surface area contributed by atoms with Crippen molar-refractivity contribution in [2.75, 3.05) is 0 Å². The van der Waals surface area contributed by atoms with Gasteiger partial charge in [-0.2, -0.15) is 6.08 Å². The Balaban J connectivity index is -0.0000000276. The third-order valence-corrected chi connectivity index (χ3v) is 0.586. The third-order valence-electron chi connectivity index (χ3n) is 0.586. The third kappa shape index (κ3) is 56.9. The summed E-state index contributed by atoms with van der Waals surface area (Å²) in [5.74, 6) is 0. The molecule has 0 saturated heterocycles. The van der Waals surface area contributed by atoms with E-state index in [1.54, 1.807) is 0 Å². The molecule has 0 nitrogen and oxygen atoms in total. The summed E-state index contributed by atoms with van der Waals surface area (Å²) in [6.07, 6.45) is 13.0. The Hall–Kier alpha value is 0.163. The first kappa shape index (κ1) is 29.2. The molecule has 1 aliphatic rings. The van der Waals surface area contributed by atoms with E-state index in [-0.39, 0.29) is 51.0 Å². The van der Waals surface area contributed by atoms with Crippen LogP contribution in [0, 0.1) is 19.9 Å². The molecule has 3 heteroatoms. The van der Waals surface area contributed by atoms with Gasteiger partial charge in [-0.3, -0.25) is 6.08 Å². The first-order valence-electron chi connectivity index (χ1n) is 3.35. The second-order valence-electron chi connectivity index (χ2n) is 1.58. The van der Waals surface area contributed by atoms with E-state index in [0.717, 1.165) is 6.42 Å². The van der Waals surface area contributed by atoms with Crippen molar-refractivity contribution in [2.45, 2.75) is 6.42 Å². The molecule has 1 aliphatic carbocycles. The maximum absolute atomic E-state index is 3.25. The molecule has 0 amide bonds. The molecule has 0 aromatic heterocycles. The molecule has 0 aromatic rings. The van der Waals surface area contributed by atoms with Gasteiger partial charge in [-0.05, 0) is 0 Å². The average molecular weight is 309 g/mol. The molecule has 0 aromatic carbocycles. The maximum atomic E-state index is 3.25. The van der Waals surface area contributed by atoms with E-state index in [9.17, 15) is 0 Å². The van der Waals surface area contributed by atoms with Gasteiger partial charge in [0.1, 0.15) is 0 Å². The van der Waals surface area contributed by atoms with Crippen LogP contribution in [0.15, 0.2) is 43.5 Å². The summed E-state index contributed by atoms with van der Waals surface area (Å²) in [4.78, 5) is 0. The Morgan fingerprint density at radius 1 is 1.14 bits per heavy atom. The van der Waals surface area contributed by atoms with Crippen molar-refractivity contribution < 1.29 is 51.0 Å². The van der Waals surface area contributed by atoms with Crippen LogP contribution in [0.2, 0.25) is 0 Å². The van der Waals surface area contributed by atoms with Crippen LogP contribution in [0.25, 0.3) is 0 Å². The van der Waals surface area contributed by atoms with Gasteiger partial charge < -0.3 is 24.8 Å². The van der Waals surface area contributed by atoms with Gasteiger partial charge in [0.2, 0.25) is 0 Å². The molecule has 0 saturated carbocycles. The fourth-order valence-corrected chi connectivity index (χ4v) is 0.340. The van der Waals surface area contributed by atoms with Crippen LogP contribution in [0.4, 0.5) is 0 Å². The Labute approximate surface area is 120 Å². The Kier molecular flexibility index (Phi) is 79.2. The number of hydrogen-bond donors (Lipinski definition) is 0. The Morgan fingerprint density at radius 2 is 1.50 bits per heavy atom. The van der Waals surface area contributed by atoms with E-state index in [2.05, 4.69) is 39.2 Å². The average Bonchev–Trinajstić information content (AvgIpc) is 2.44. The predicted molar refractivity (Wildman–Crippen MR) is 52.7 cm³/mol. The van der Waals surface area contributed by atoms with Crippen molar-refractivity contribution in [3.63, 3.8) is 0 Å². The van der Waals surface area contributed by atoms with Crippen LogP contribution in [0.3, 0.4) is 0 Å². The maximum Gasteiger partial charge on any atom is 3.00 e. The fraction of sp³-hybridized carbons (Fsp3) is 0.0909. The summed E-state index contributed by atoms with van der Waals surface area (Å²) in [6, 6.07) is 0. The molecule has 1 radical (unpaired) electrons. The predicted octanol–water partition coefficient (Wildman–Crippen LogP) is -2.68. The normalized spacial score (nSPS) is 8.00. The minimum atomic E-state index is 0. The summed E-state index contributed by atoms with van der Waals surface area (Å²) in [5.41, 5.74) is 0. The van der Waals surface area contributed by atoms with Crippen LogP contribution < -0.4 is 24.8 Å². The number of allylic oxidation sites excluding steroid dienone is 6. The van der Waals surface area contributed by atoms with Crippen LogP contribution >= 0.6 is 0 Å². The SMILES string of the molecule is C=C[CH2-].C=C[CH2-].[C-]1=CC=CC1.[Cl-].[Cl-].[Zr+3]. The van der Waals surface area contributed by atoms with Crippen molar-refractivity contribution >= 4 is 0 Å². The number of halogens is 2. The summed E-state index contributed by atoms with van der Waals surface area (Å²) < 4.78 is 0. The zero-order valence-corrected chi connectivity index (χ0v) is 12.1. The van der Waals surface area contributed by atoms with Gasteiger partial charge in [0, 0.05) is 0 Å². The van der Waals surface area contributed by atoms with Crippen molar-refractivity contribution in [3.05, 3.63) is 63.5 Å². The molecule has 14 heavy (non-hydrogen) atoms. The minimum absolute atomic E-state index is 0. The van der Waals surface area contributed by atoms with Gasteiger partial charge >= 0.3 is 26.2 Å². The first-order chi connectivity index (χ1) is 5.33. The van der Waals surface area contributed by atoms with Gasteiger partial charge in [-0.25, -0.2) is 51.3 Å². The van der Waals surface area contributed by atoms with Gasteiger partial charge in [0.05, 0.1) is 0 Å². The minimum Gasteiger partial charge on any atom is -1.00 e. The molecule has 79 valence electrons. The van der Waals surface area contributed by atoms with E-state index >= 15 is 0 Å². The van der Waals surface area contributed by atoms with Crippen LogP contribution in [0.1, 0.15) is 6.42 Å². The van der Waals surface area contributed by atoms with Crippen molar-refractivity contribution in [3.8, 4) is 0 Å². The molecule has 0 fully saturated rings. The van der Waals surface area contributed by atoms with Crippen molar-refractivity contribution in [1.29, 1.82) is 0 Å². The van der Waals surface area contributed by atoms with E-state index in [1.807, 2.05) is 12.2 Å². The molecule has 1 rings (SSSR count). The monoisotopic (exact) mass is 307 g/mol. The van der Waals surface area contributed by atoms with Crippen molar-refractivity contribution in [1.82, 2.24) is 0 Å². The zero-order valence-electron chi connectivity index (χ0n) is 8.18. The molecule has 0 spiro atoms. The molecule has 0 atom stereocenters. The Morgan fingerprint density at radius 3 is 1.57 bits per heavy atom. The van der Waals surface area contributed by atoms with E-state index in [1.165, 1.54) is 12.2 Å². The van der Waals surface area contributed by atoms with Gasteiger partial charge in [0.25, 0.3) is 0 Å².